The van der Waals surface area contributed by atoms with E-state index in [9.17, 15) is 4.79 Å². The highest BCUT2D eigenvalue weighted by atomic mass is 35.5. The van der Waals surface area contributed by atoms with Crippen molar-refractivity contribution < 1.29 is 4.79 Å². The first-order valence-electron chi connectivity index (χ1n) is 5.98. The second kappa shape index (κ2) is 5.83. The first-order valence-corrected chi connectivity index (χ1v) is 6.41. The number of benzene rings is 2. The Morgan fingerprint density at radius 2 is 1.56 bits per heavy atom. The number of Topliss-reactive ketones (excluding diaryl/α,β-unsaturated/α-hetero) is 1. The highest BCUT2D eigenvalue weighted by Gasteiger charge is 2.11. The molecule has 2 aromatic carbocycles. The van der Waals surface area contributed by atoms with Gasteiger partial charge in [-0.2, -0.15) is 0 Å². The van der Waals surface area contributed by atoms with Gasteiger partial charge in [-0.3, -0.25) is 4.79 Å². The highest BCUT2D eigenvalue weighted by molar-refractivity contribution is 6.33. The predicted octanol–water partition coefficient (Wildman–Crippen LogP) is 4.09. The maximum Gasteiger partial charge on any atom is 0.180 e. The van der Waals surface area contributed by atoms with Gasteiger partial charge in [0.2, 0.25) is 0 Å². The molecular weight excluding hydrogens is 244 g/mol. The zero-order chi connectivity index (χ0) is 13.0. The number of ketones is 1. The van der Waals surface area contributed by atoms with E-state index in [-0.39, 0.29) is 5.78 Å². The van der Waals surface area contributed by atoms with Gasteiger partial charge in [-0.15, -0.1) is 11.6 Å². The summed E-state index contributed by atoms with van der Waals surface area (Å²) in [4.78, 5) is 11.7. The largest absolute Gasteiger partial charge is 0.293 e. The zero-order valence-electron chi connectivity index (χ0n) is 10.3. The number of hydrogen-bond acceptors (Lipinski definition) is 1. The molecule has 0 aliphatic carbocycles. The molecule has 0 aromatic heterocycles. The van der Waals surface area contributed by atoms with E-state index in [4.69, 9.17) is 11.6 Å². The molecule has 0 saturated heterocycles. The second-order valence-electron chi connectivity index (χ2n) is 4.34. The lowest BCUT2D eigenvalue weighted by atomic mass is 10.0. The van der Waals surface area contributed by atoms with Crippen molar-refractivity contribution in [3.63, 3.8) is 0 Å². The number of rotatable bonds is 4. The minimum atomic E-state index is -0.468. The Labute approximate surface area is 112 Å². The standard InChI is InChI=1S/C16H15ClO/c1-12(17)16(18)15-9-7-14(8-10-15)11-13-5-3-2-4-6-13/h2-10,12H,11H2,1H3. The minimum Gasteiger partial charge on any atom is -0.293 e. The summed E-state index contributed by atoms with van der Waals surface area (Å²) >= 11 is 5.78. The molecule has 92 valence electrons. The van der Waals surface area contributed by atoms with E-state index < -0.39 is 5.38 Å². The highest BCUT2D eigenvalue weighted by Crippen LogP contribution is 2.13. The van der Waals surface area contributed by atoms with Crippen LogP contribution >= 0.6 is 11.6 Å². The van der Waals surface area contributed by atoms with Crippen LogP contribution in [-0.2, 0) is 6.42 Å². The van der Waals surface area contributed by atoms with Crippen molar-refractivity contribution in [2.24, 2.45) is 0 Å². The smallest absolute Gasteiger partial charge is 0.180 e. The van der Waals surface area contributed by atoms with Gasteiger partial charge in [-0.05, 0) is 24.5 Å². The molecule has 1 unspecified atom stereocenters. The third kappa shape index (κ3) is 3.21. The van der Waals surface area contributed by atoms with Crippen LogP contribution in [0, 0.1) is 0 Å². The van der Waals surface area contributed by atoms with Crippen LogP contribution in [0.1, 0.15) is 28.4 Å². The molecule has 0 spiro atoms. The SMILES string of the molecule is CC(Cl)C(=O)c1ccc(Cc2ccccc2)cc1. The summed E-state index contributed by atoms with van der Waals surface area (Å²) in [5.74, 6) is -0.0251. The molecule has 1 nitrogen and oxygen atoms in total. The minimum absolute atomic E-state index is 0.0251. The lowest BCUT2D eigenvalue weighted by Gasteiger charge is -2.05. The van der Waals surface area contributed by atoms with Crippen LogP contribution in [0.5, 0.6) is 0 Å². The molecule has 0 amide bonds. The monoisotopic (exact) mass is 258 g/mol. The molecular formula is C16H15ClO. The van der Waals surface area contributed by atoms with E-state index in [2.05, 4.69) is 12.1 Å². The van der Waals surface area contributed by atoms with Gasteiger partial charge in [-0.25, -0.2) is 0 Å². The molecule has 0 fully saturated rings. The lowest BCUT2D eigenvalue weighted by Crippen LogP contribution is -2.10. The van der Waals surface area contributed by atoms with E-state index in [0.29, 0.717) is 5.56 Å². The van der Waals surface area contributed by atoms with Gasteiger partial charge in [0.1, 0.15) is 0 Å². The van der Waals surface area contributed by atoms with Crippen molar-refractivity contribution >= 4 is 17.4 Å². The van der Waals surface area contributed by atoms with Gasteiger partial charge in [0.25, 0.3) is 0 Å². The summed E-state index contributed by atoms with van der Waals surface area (Å²) in [5.41, 5.74) is 3.14. The number of halogens is 1. The molecule has 0 aliphatic rings. The Bertz CT molecular complexity index is 515. The molecule has 0 heterocycles. The lowest BCUT2D eigenvalue weighted by molar-refractivity contribution is 0.0992. The third-order valence-electron chi connectivity index (χ3n) is 2.85. The first-order chi connectivity index (χ1) is 8.66. The normalized spacial score (nSPS) is 12.1. The van der Waals surface area contributed by atoms with Crippen molar-refractivity contribution in [3.05, 3.63) is 71.3 Å². The number of alkyl halides is 1. The van der Waals surface area contributed by atoms with Crippen molar-refractivity contribution in [3.8, 4) is 0 Å². The van der Waals surface area contributed by atoms with Crippen LogP contribution in [0.4, 0.5) is 0 Å². The van der Waals surface area contributed by atoms with Crippen molar-refractivity contribution in [2.75, 3.05) is 0 Å². The summed E-state index contributed by atoms with van der Waals surface area (Å²) in [6, 6.07) is 17.9. The van der Waals surface area contributed by atoms with Crippen LogP contribution < -0.4 is 0 Å². The van der Waals surface area contributed by atoms with E-state index in [1.807, 2.05) is 42.5 Å². The van der Waals surface area contributed by atoms with E-state index >= 15 is 0 Å². The molecule has 2 heteroatoms. The van der Waals surface area contributed by atoms with E-state index in [0.717, 1.165) is 6.42 Å². The van der Waals surface area contributed by atoms with Crippen molar-refractivity contribution in [1.82, 2.24) is 0 Å². The molecule has 0 saturated carbocycles. The molecule has 18 heavy (non-hydrogen) atoms. The number of carbonyl (C=O) groups excluding carboxylic acids is 1. The molecule has 0 N–H and O–H groups in total. The Morgan fingerprint density at radius 1 is 1.00 bits per heavy atom. The third-order valence-corrected chi connectivity index (χ3v) is 3.05. The summed E-state index contributed by atoms with van der Waals surface area (Å²) in [6.45, 7) is 1.70. The Kier molecular flexibility index (Phi) is 4.16. The zero-order valence-corrected chi connectivity index (χ0v) is 11.0. The van der Waals surface area contributed by atoms with Crippen LogP contribution in [-0.4, -0.2) is 11.2 Å². The molecule has 2 rings (SSSR count). The average Bonchev–Trinajstić information content (AvgIpc) is 2.40. The van der Waals surface area contributed by atoms with Gasteiger partial charge in [0, 0.05) is 5.56 Å². The van der Waals surface area contributed by atoms with Crippen molar-refractivity contribution in [1.29, 1.82) is 0 Å². The number of carbonyl (C=O) groups is 1. The average molecular weight is 259 g/mol. The fraction of sp³-hybridized carbons (Fsp3) is 0.188. The maximum absolute atomic E-state index is 11.7. The maximum atomic E-state index is 11.7. The van der Waals surface area contributed by atoms with E-state index in [1.165, 1.54) is 11.1 Å². The first kappa shape index (κ1) is 12.8. The summed E-state index contributed by atoms with van der Waals surface area (Å²) < 4.78 is 0. The van der Waals surface area contributed by atoms with Crippen LogP contribution in [0.15, 0.2) is 54.6 Å². The van der Waals surface area contributed by atoms with Crippen LogP contribution in [0.3, 0.4) is 0 Å². The summed E-state index contributed by atoms with van der Waals surface area (Å²) in [7, 11) is 0. The van der Waals surface area contributed by atoms with Gasteiger partial charge >= 0.3 is 0 Å². The van der Waals surface area contributed by atoms with Crippen molar-refractivity contribution in [2.45, 2.75) is 18.7 Å². The Hall–Kier alpha value is -1.60. The van der Waals surface area contributed by atoms with Crippen LogP contribution in [0.2, 0.25) is 0 Å². The fourth-order valence-electron chi connectivity index (χ4n) is 1.85. The molecule has 0 radical (unpaired) electrons. The molecule has 0 aliphatic heterocycles. The summed E-state index contributed by atoms with van der Waals surface area (Å²) in [6.07, 6.45) is 0.881. The second-order valence-corrected chi connectivity index (χ2v) is 4.99. The fourth-order valence-corrected chi connectivity index (χ4v) is 1.97. The Morgan fingerprint density at radius 3 is 2.11 bits per heavy atom. The predicted molar refractivity (Wildman–Crippen MR) is 75.3 cm³/mol. The quantitative estimate of drug-likeness (QED) is 0.596. The molecule has 0 bridgehead atoms. The topological polar surface area (TPSA) is 17.1 Å². The van der Waals surface area contributed by atoms with Gasteiger partial charge in [0.05, 0.1) is 5.38 Å². The van der Waals surface area contributed by atoms with Crippen LogP contribution in [0.25, 0.3) is 0 Å². The Balaban J connectivity index is 2.11. The number of hydrogen-bond donors (Lipinski definition) is 0. The van der Waals surface area contributed by atoms with Gasteiger partial charge in [0.15, 0.2) is 5.78 Å². The molecule has 2 aromatic rings. The van der Waals surface area contributed by atoms with E-state index in [1.54, 1.807) is 6.92 Å². The summed E-state index contributed by atoms with van der Waals surface area (Å²) in [5, 5.41) is -0.468. The molecule has 1 atom stereocenters. The van der Waals surface area contributed by atoms with Gasteiger partial charge in [-0.1, -0.05) is 54.6 Å². The van der Waals surface area contributed by atoms with Gasteiger partial charge < -0.3 is 0 Å².